The molecule has 1 fully saturated rings. The van der Waals surface area contributed by atoms with Crippen molar-refractivity contribution in [3.05, 3.63) is 36.4 Å². The number of hydrogen-bond acceptors (Lipinski definition) is 5. The zero-order valence-electron chi connectivity index (χ0n) is 18.0. The molecule has 2 aliphatic heterocycles. The number of likely N-dealkylation sites (tertiary alicyclic amines) is 1. The summed E-state index contributed by atoms with van der Waals surface area (Å²) in [7, 11) is 2.29. The van der Waals surface area contributed by atoms with E-state index in [0.29, 0.717) is 6.04 Å². The van der Waals surface area contributed by atoms with Crippen LogP contribution in [0, 0.1) is 0 Å². The first-order valence-corrected chi connectivity index (χ1v) is 12.7. The molecule has 1 unspecified atom stereocenters. The molecular formula is C24H32N2OS2. The lowest BCUT2D eigenvalue weighted by Crippen LogP contribution is -2.38. The molecule has 0 saturated carbocycles. The van der Waals surface area contributed by atoms with E-state index < -0.39 is 0 Å². The molecule has 0 N–H and O–H groups in total. The average Bonchev–Trinajstić information content (AvgIpc) is 2.71. The van der Waals surface area contributed by atoms with Crippen LogP contribution >= 0.6 is 23.5 Å². The van der Waals surface area contributed by atoms with Crippen LogP contribution in [0.25, 0.3) is 0 Å². The topological polar surface area (TPSA) is 15.7 Å². The maximum atomic E-state index is 5.97. The summed E-state index contributed by atoms with van der Waals surface area (Å²) in [5.74, 6) is 0.961. The molecule has 2 aromatic rings. The Balaban J connectivity index is 1.64. The van der Waals surface area contributed by atoms with Gasteiger partial charge in [-0.2, -0.15) is 0 Å². The second kappa shape index (κ2) is 9.23. The zero-order chi connectivity index (χ0) is 20.4. The lowest BCUT2D eigenvalue weighted by atomic mass is 9.99. The Kier molecular flexibility index (Phi) is 6.67. The van der Waals surface area contributed by atoms with Gasteiger partial charge in [0.15, 0.2) is 0 Å². The summed E-state index contributed by atoms with van der Waals surface area (Å²) in [6.45, 7) is 6.45. The predicted molar refractivity (Wildman–Crippen MR) is 126 cm³/mol. The molecule has 0 aliphatic carbocycles. The number of thioether (sulfide) groups is 1. The van der Waals surface area contributed by atoms with E-state index in [-0.39, 0.29) is 6.10 Å². The highest BCUT2D eigenvalue weighted by atomic mass is 32.2. The highest BCUT2D eigenvalue weighted by Gasteiger charge is 2.26. The Bertz CT molecular complexity index is 855. The maximum absolute atomic E-state index is 5.97. The van der Waals surface area contributed by atoms with Crippen molar-refractivity contribution in [1.29, 1.82) is 0 Å². The monoisotopic (exact) mass is 428 g/mol. The molecule has 0 bridgehead atoms. The van der Waals surface area contributed by atoms with Gasteiger partial charge in [0.1, 0.15) is 5.75 Å². The molecule has 4 rings (SSSR count). The minimum atomic E-state index is 0.191. The third kappa shape index (κ3) is 4.73. The molecule has 2 aliphatic rings. The van der Waals surface area contributed by atoms with Crippen LogP contribution in [0.1, 0.15) is 39.5 Å². The summed E-state index contributed by atoms with van der Waals surface area (Å²) < 4.78 is 5.97. The van der Waals surface area contributed by atoms with Crippen LogP contribution in [-0.2, 0) is 0 Å². The average molecular weight is 429 g/mol. The van der Waals surface area contributed by atoms with E-state index in [1.54, 1.807) is 0 Å². The van der Waals surface area contributed by atoms with Crippen LogP contribution in [0.2, 0.25) is 0 Å². The number of ether oxygens (including phenoxy) is 1. The molecule has 2 aromatic carbocycles. The Labute approximate surface area is 184 Å². The van der Waals surface area contributed by atoms with Gasteiger partial charge in [0.2, 0.25) is 0 Å². The smallest absolute Gasteiger partial charge is 0.120 e. The van der Waals surface area contributed by atoms with Gasteiger partial charge >= 0.3 is 0 Å². The number of nitrogens with zero attached hydrogens (tertiary/aromatic N) is 2. The van der Waals surface area contributed by atoms with Gasteiger partial charge in [0, 0.05) is 27.3 Å². The molecule has 156 valence electrons. The van der Waals surface area contributed by atoms with Crippen molar-refractivity contribution in [2.45, 2.75) is 66.4 Å². The van der Waals surface area contributed by atoms with Crippen molar-refractivity contribution >= 4 is 34.9 Å². The number of benzene rings is 2. The number of anilines is 2. The van der Waals surface area contributed by atoms with E-state index in [4.69, 9.17) is 4.74 Å². The van der Waals surface area contributed by atoms with Crippen LogP contribution in [-0.4, -0.2) is 43.4 Å². The van der Waals surface area contributed by atoms with Crippen molar-refractivity contribution in [3.63, 3.8) is 0 Å². The van der Waals surface area contributed by atoms with Gasteiger partial charge in [0.25, 0.3) is 0 Å². The number of piperidine rings is 1. The maximum Gasteiger partial charge on any atom is 0.120 e. The number of hydrogen-bond donors (Lipinski definition) is 0. The minimum absolute atomic E-state index is 0.191. The highest BCUT2D eigenvalue weighted by molar-refractivity contribution is 8.00. The third-order valence-electron chi connectivity index (χ3n) is 5.88. The summed E-state index contributed by atoms with van der Waals surface area (Å²) in [5, 5.41) is 0. The molecule has 0 aromatic heterocycles. The molecular weight excluding hydrogens is 396 g/mol. The summed E-state index contributed by atoms with van der Waals surface area (Å²) in [6, 6.07) is 14.2. The summed E-state index contributed by atoms with van der Waals surface area (Å²) in [6.07, 6.45) is 7.58. The molecule has 2 heterocycles. The van der Waals surface area contributed by atoms with E-state index >= 15 is 0 Å². The van der Waals surface area contributed by atoms with Crippen molar-refractivity contribution < 1.29 is 4.74 Å². The molecule has 3 nitrogen and oxygen atoms in total. The second-order valence-corrected chi connectivity index (χ2v) is 10.3. The number of rotatable bonds is 6. The van der Waals surface area contributed by atoms with Crippen molar-refractivity contribution in [1.82, 2.24) is 4.90 Å². The lowest BCUT2D eigenvalue weighted by molar-refractivity contribution is 0.178. The lowest BCUT2D eigenvalue weighted by Gasteiger charge is -2.37. The minimum Gasteiger partial charge on any atom is -0.491 e. The molecule has 1 atom stereocenters. The van der Waals surface area contributed by atoms with Crippen molar-refractivity contribution in [2.24, 2.45) is 0 Å². The van der Waals surface area contributed by atoms with Crippen LogP contribution in [0.4, 0.5) is 11.4 Å². The van der Waals surface area contributed by atoms with E-state index in [1.807, 2.05) is 23.5 Å². The van der Waals surface area contributed by atoms with E-state index in [2.05, 4.69) is 73.3 Å². The number of fused-ring (bicyclic) bond motifs is 2. The molecule has 1 saturated heterocycles. The quantitative estimate of drug-likeness (QED) is 0.476. The molecule has 0 spiro atoms. The highest BCUT2D eigenvalue weighted by Crippen LogP contribution is 2.50. The second-order valence-electron chi connectivity index (χ2n) is 8.30. The first-order chi connectivity index (χ1) is 14.0. The molecule has 0 amide bonds. The fourth-order valence-corrected chi connectivity index (χ4v) is 5.88. The van der Waals surface area contributed by atoms with E-state index in [9.17, 15) is 0 Å². The standard InChI is InChI=1S/C24H32N2OS2/c1-17(2)27-19-8-10-21-24(15-19)29-23-11-9-20(28-4)16-22(23)26(21)14-12-18-7-5-6-13-25(18)3/h8-11,15-18H,5-7,12-14H2,1-4H3. The van der Waals surface area contributed by atoms with Crippen LogP contribution in [0.5, 0.6) is 5.75 Å². The largest absolute Gasteiger partial charge is 0.491 e. The van der Waals surface area contributed by atoms with Gasteiger partial charge < -0.3 is 14.5 Å². The van der Waals surface area contributed by atoms with Crippen LogP contribution in [0.3, 0.4) is 0 Å². The Morgan fingerprint density at radius 2 is 1.97 bits per heavy atom. The van der Waals surface area contributed by atoms with Gasteiger partial charge in [-0.15, -0.1) is 11.8 Å². The van der Waals surface area contributed by atoms with Gasteiger partial charge in [-0.25, -0.2) is 0 Å². The zero-order valence-corrected chi connectivity index (χ0v) is 19.6. The van der Waals surface area contributed by atoms with Gasteiger partial charge in [-0.1, -0.05) is 18.2 Å². The SMILES string of the molecule is CSc1ccc2c(c1)N(CCC1CCCCN1C)c1ccc(OC(C)C)cc1S2. The Morgan fingerprint density at radius 3 is 2.72 bits per heavy atom. The van der Waals surface area contributed by atoms with Gasteiger partial charge in [0.05, 0.1) is 17.5 Å². The van der Waals surface area contributed by atoms with E-state index in [0.717, 1.165) is 12.3 Å². The third-order valence-corrected chi connectivity index (χ3v) is 7.72. The van der Waals surface area contributed by atoms with Crippen LogP contribution < -0.4 is 9.64 Å². The summed E-state index contributed by atoms with van der Waals surface area (Å²) in [4.78, 5) is 9.07. The van der Waals surface area contributed by atoms with Gasteiger partial charge in [-0.3, -0.25) is 0 Å². The van der Waals surface area contributed by atoms with Crippen LogP contribution in [0.15, 0.2) is 51.1 Å². The van der Waals surface area contributed by atoms with Crippen molar-refractivity contribution in [3.8, 4) is 5.75 Å². The molecule has 0 radical (unpaired) electrons. The first kappa shape index (κ1) is 21.0. The predicted octanol–water partition coefficient (Wildman–Crippen LogP) is 6.67. The summed E-state index contributed by atoms with van der Waals surface area (Å²) in [5.41, 5.74) is 2.67. The van der Waals surface area contributed by atoms with Crippen molar-refractivity contribution in [2.75, 3.05) is 31.3 Å². The molecule has 5 heteroatoms. The van der Waals surface area contributed by atoms with Gasteiger partial charge in [-0.05, 0) is 89.4 Å². The summed E-state index contributed by atoms with van der Waals surface area (Å²) >= 11 is 3.68. The Morgan fingerprint density at radius 1 is 1.10 bits per heavy atom. The Hall–Kier alpha value is -1.30. The van der Waals surface area contributed by atoms with E-state index in [1.165, 1.54) is 58.3 Å². The first-order valence-electron chi connectivity index (χ1n) is 10.7. The fraction of sp³-hybridized carbons (Fsp3) is 0.500. The fourth-order valence-electron chi connectivity index (χ4n) is 4.34. The normalized spacial score (nSPS) is 19.2. The molecule has 29 heavy (non-hydrogen) atoms.